The van der Waals surface area contributed by atoms with Crippen LogP contribution in [-0.2, 0) is 19.6 Å². The van der Waals surface area contributed by atoms with Gasteiger partial charge in [-0.05, 0) is 6.42 Å². The van der Waals surface area contributed by atoms with Crippen molar-refractivity contribution >= 4 is 16.4 Å². The molecule has 6 heteroatoms. The summed E-state index contributed by atoms with van der Waals surface area (Å²) in [5.74, 6) is 0. The molecule has 0 heterocycles. The molecule has 0 aliphatic heterocycles. The molecule has 0 rings (SSSR count). The van der Waals surface area contributed by atoms with Crippen molar-refractivity contribution in [2.45, 2.75) is 18.1 Å². The van der Waals surface area contributed by atoms with Gasteiger partial charge in [-0.3, -0.25) is 4.55 Å². The Labute approximate surface area is 71.5 Å². The van der Waals surface area contributed by atoms with Gasteiger partial charge in [-0.15, -0.1) is 0 Å². The average molecular weight is 196 g/mol. The van der Waals surface area contributed by atoms with E-state index in [0.717, 1.165) is 0 Å². The Morgan fingerprint density at radius 2 is 2.17 bits per heavy atom. The molecule has 1 unspecified atom stereocenters. The van der Waals surface area contributed by atoms with Crippen molar-refractivity contribution in [3.8, 4) is 0 Å². The Morgan fingerprint density at radius 3 is 2.50 bits per heavy atom. The minimum Gasteiger partial charge on any atom is -0.383 e. The number of rotatable bonds is 6. The molecule has 1 atom stereocenters. The van der Waals surface area contributed by atoms with E-state index in [0.29, 0.717) is 6.29 Å². The highest BCUT2D eigenvalue weighted by Crippen LogP contribution is 2.06. The standard InChI is InChI=1S/C6H12O5S/c1-11-5-6(3-2-4-7)12(8,9)10/h4,6H,2-3,5H2,1H3,(H,8,9,10). The number of carbonyl (C=O) groups is 1. The number of methoxy groups -OCH3 is 1. The van der Waals surface area contributed by atoms with E-state index in [1.807, 2.05) is 0 Å². The maximum atomic E-state index is 10.6. The van der Waals surface area contributed by atoms with Crippen LogP contribution in [-0.4, -0.2) is 38.2 Å². The zero-order valence-electron chi connectivity index (χ0n) is 6.76. The first-order valence-electron chi connectivity index (χ1n) is 3.41. The molecular weight excluding hydrogens is 184 g/mol. The third-order valence-electron chi connectivity index (χ3n) is 1.38. The van der Waals surface area contributed by atoms with Gasteiger partial charge < -0.3 is 9.53 Å². The van der Waals surface area contributed by atoms with Crippen LogP contribution in [0.2, 0.25) is 0 Å². The second kappa shape index (κ2) is 5.23. The molecule has 0 amide bonds. The highest BCUT2D eigenvalue weighted by atomic mass is 32.2. The second-order valence-corrected chi connectivity index (χ2v) is 4.03. The second-order valence-electron chi connectivity index (χ2n) is 2.34. The van der Waals surface area contributed by atoms with Gasteiger partial charge in [-0.2, -0.15) is 8.42 Å². The number of hydrogen-bond acceptors (Lipinski definition) is 4. The number of hydrogen-bond donors (Lipinski definition) is 1. The SMILES string of the molecule is COCC(CCC=O)S(=O)(=O)O. The topological polar surface area (TPSA) is 80.7 Å². The summed E-state index contributed by atoms with van der Waals surface area (Å²) in [6.07, 6.45) is 0.803. The van der Waals surface area contributed by atoms with Gasteiger partial charge >= 0.3 is 0 Å². The smallest absolute Gasteiger partial charge is 0.270 e. The predicted molar refractivity (Wildman–Crippen MR) is 42.5 cm³/mol. The van der Waals surface area contributed by atoms with E-state index in [-0.39, 0.29) is 19.4 Å². The van der Waals surface area contributed by atoms with Crippen LogP contribution in [0, 0.1) is 0 Å². The largest absolute Gasteiger partial charge is 0.383 e. The van der Waals surface area contributed by atoms with Crippen LogP contribution in [0.25, 0.3) is 0 Å². The van der Waals surface area contributed by atoms with Gasteiger partial charge in [0.15, 0.2) is 0 Å². The van der Waals surface area contributed by atoms with E-state index in [2.05, 4.69) is 4.74 Å². The maximum absolute atomic E-state index is 10.6. The van der Waals surface area contributed by atoms with E-state index in [1.165, 1.54) is 7.11 Å². The fraction of sp³-hybridized carbons (Fsp3) is 0.833. The molecule has 0 saturated carbocycles. The van der Waals surface area contributed by atoms with Gasteiger partial charge in [0.2, 0.25) is 0 Å². The van der Waals surface area contributed by atoms with Crippen LogP contribution >= 0.6 is 0 Å². The van der Waals surface area contributed by atoms with Crippen molar-refractivity contribution in [3.63, 3.8) is 0 Å². The van der Waals surface area contributed by atoms with E-state index in [1.54, 1.807) is 0 Å². The third kappa shape index (κ3) is 4.42. The number of aldehydes is 1. The summed E-state index contributed by atoms with van der Waals surface area (Å²) in [4.78, 5) is 9.92. The first-order valence-corrected chi connectivity index (χ1v) is 4.91. The number of carbonyl (C=O) groups excluding carboxylic acids is 1. The summed E-state index contributed by atoms with van der Waals surface area (Å²) in [5, 5.41) is -0.993. The monoisotopic (exact) mass is 196 g/mol. The Balaban J connectivity index is 4.13. The summed E-state index contributed by atoms with van der Waals surface area (Å²) in [6, 6.07) is 0. The molecule has 0 radical (unpaired) electrons. The van der Waals surface area contributed by atoms with Gasteiger partial charge in [0.25, 0.3) is 10.1 Å². The lowest BCUT2D eigenvalue weighted by atomic mass is 10.2. The minimum atomic E-state index is -4.08. The lowest BCUT2D eigenvalue weighted by Crippen LogP contribution is -2.25. The Kier molecular flexibility index (Phi) is 5.03. The van der Waals surface area contributed by atoms with Crippen LogP contribution in [0.3, 0.4) is 0 Å². The Morgan fingerprint density at radius 1 is 1.58 bits per heavy atom. The highest BCUT2D eigenvalue weighted by molar-refractivity contribution is 7.86. The zero-order valence-corrected chi connectivity index (χ0v) is 7.58. The summed E-state index contributed by atoms with van der Waals surface area (Å²) in [6.45, 7) is -0.0906. The summed E-state index contributed by atoms with van der Waals surface area (Å²) >= 11 is 0. The minimum absolute atomic E-state index is 0.0906. The van der Waals surface area contributed by atoms with E-state index in [9.17, 15) is 13.2 Å². The summed E-state index contributed by atoms with van der Waals surface area (Å²) in [7, 11) is -2.75. The quantitative estimate of drug-likeness (QED) is 0.472. The molecular formula is C6H12O5S. The molecule has 12 heavy (non-hydrogen) atoms. The van der Waals surface area contributed by atoms with Crippen LogP contribution < -0.4 is 0 Å². The highest BCUT2D eigenvalue weighted by Gasteiger charge is 2.21. The van der Waals surface area contributed by atoms with Crippen molar-refractivity contribution in [2.75, 3.05) is 13.7 Å². The van der Waals surface area contributed by atoms with Crippen LogP contribution in [0.15, 0.2) is 0 Å². The molecule has 5 nitrogen and oxygen atoms in total. The summed E-state index contributed by atoms with van der Waals surface area (Å²) in [5.41, 5.74) is 0. The molecule has 0 bridgehead atoms. The van der Waals surface area contributed by atoms with Crippen molar-refractivity contribution in [1.29, 1.82) is 0 Å². The Hall–Kier alpha value is -0.460. The normalized spacial score (nSPS) is 14.2. The predicted octanol–water partition coefficient (Wildman–Crippen LogP) is -0.132. The van der Waals surface area contributed by atoms with E-state index < -0.39 is 15.4 Å². The first-order chi connectivity index (χ1) is 5.52. The third-order valence-corrected chi connectivity index (χ3v) is 2.59. The van der Waals surface area contributed by atoms with Crippen LogP contribution in [0.1, 0.15) is 12.8 Å². The molecule has 1 N–H and O–H groups in total. The van der Waals surface area contributed by atoms with Crippen LogP contribution in [0.4, 0.5) is 0 Å². The Bertz CT molecular complexity index is 220. The van der Waals surface area contributed by atoms with Crippen molar-refractivity contribution < 1.29 is 22.5 Å². The van der Waals surface area contributed by atoms with Crippen LogP contribution in [0.5, 0.6) is 0 Å². The van der Waals surface area contributed by atoms with Gasteiger partial charge in [0, 0.05) is 13.5 Å². The summed E-state index contributed by atoms with van der Waals surface area (Å²) < 4.78 is 34.4. The van der Waals surface area contributed by atoms with Crippen molar-refractivity contribution in [2.24, 2.45) is 0 Å². The van der Waals surface area contributed by atoms with Crippen molar-refractivity contribution in [1.82, 2.24) is 0 Å². The molecule has 0 aromatic rings. The fourth-order valence-corrected chi connectivity index (χ4v) is 1.50. The van der Waals surface area contributed by atoms with E-state index >= 15 is 0 Å². The fourth-order valence-electron chi connectivity index (χ4n) is 0.758. The molecule has 0 aliphatic carbocycles. The van der Waals surface area contributed by atoms with Crippen molar-refractivity contribution in [3.05, 3.63) is 0 Å². The molecule has 72 valence electrons. The molecule has 0 aliphatic rings. The van der Waals surface area contributed by atoms with Gasteiger partial charge in [0.05, 0.1) is 6.61 Å². The molecule has 0 fully saturated rings. The average Bonchev–Trinajstić information content (AvgIpc) is 1.95. The number of ether oxygens (including phenoxy) is 1. The molecule has 0 aromatic heterocycles. The maximum Gasteiger partial charge on any atom is 0.270 e. The van der Waals surface area contributed by atoms with Gasteiger partial charge in [-0.25, -0.2) is 0 Å². The lowest BCUT2D eigenvalue weighted by molar-refractivity contribution is -0.107. The van der Waals surface area contributed by atoms with Gasteiger partial charge in [0.1, 0.15) is 11.5 Å². The van der Waals surface area contributed by atoms with E-state index in [4.69, 9.17) is 4.55 Å². The lowest BCUT2D eigenvalue weighted by Gasteiger charge is -2.10. The molecule has 0 aromatic carbocycles. The molecule has 0 spiro atoms. The van der Waals surface area contributed by atoms with Gasteiger partial charge in [-0.1, -0.05) is 0 Å². The zero-order chi connectivity index (χ0) is 9.61. The molecule has 0 saturated heterocycles. The first kappa shape index (κ1) is 11.5.